The van der Waals surface area contributed by atoms with Gasteiger partial charge in [0.2, 0.25) is 0 Å². The number of rotatable bonds is 8. The van der Waals surface area contributed by atoms with Crippen molar-refractivity contribution in [2.24, 2.45) is 5.41 Å². The van der Waals surface area contributed by atoms with Gasteiger partial charge in [0.05, 0.1) is 18.8 Å². The van der Waals surface area contributed by atoms with Gasteiger partial charge in [-0.25, -0.2) is 0 Å². The van der Waals surface area contributed by atoms with Crippen LogP contribution in [-0.4, -0.2) is 77.3 Å². The molecule has 21 heavy (non-hydrogen) atoms. The van der Waals surface area contributed by atoms with E-state index >= 15 is 0 Å². The summed E-state index contributed by atoms with van der Waals surface area (Å²) in [4.78, 5) is 2.49. The second-order valence-electron chi connectivity index (χ2n) is 6.58. The van der Waals surface area contributed by atoms with Crippen LogP contribution in [0.15, 0.2) is 0 Å². The van der Waals surface area contributed by atoms with Crippen LogP contribution in [0.4, 0.5) is 0 Å². The smallest absolute Gasteiger partial charge is 0.0971 e. The molecule has 2 fully saturated rings. The number of hydrogen-bond acceptors (Lipinski definition) is 5. The average Bonchev–Trinajstić information content (AvgIpc) is 2.90. The highest BCUT2D eigenvalue weighted by molar-refractivity contribution is 4.93. The van der Waals surface area contributed by atoms with Crippen LogP contribution in [0.25, 0.3) is 0 Å². The maximum absolute atomic E-state index is 5.80. The van der Waals surface area contributed by atoms with Crippen molar-refractivity contribution in [3.05, 3.63) is 0 Å². The molecule has 5 heteroatoms. The van der Waals surface area contributed by atoms with Gasteiger partial charge in [-0.05, 0) is 25.8 Å². The molecule has 2 rings (SSSR count). The highest BCUT2D eigenvalue weighted by atomic mass is 16.5. The number of nitrogens with zero attached hydrogens (tertiary/aromatic N) is 1. The van der Waals surface area contributed by atoms with Gasteiger partial charge in [0.1, 0.15) is 0 Å². The summed E-state index contributed by atoms with van der Waals surface area (Å²) in [6.07, 6.45) is 3.98. The molecule has 5 nitrogen and oxygen atoms in total. The highest BCUT2D eigenvalue weighted by Gasteiger charge is 2.39. The van der Waals surface area contributed by atoms with Gasteiger partial charge in [-0.2, -0.15) is 0 Å². The summed E-state index contributed by atoms with van der Waals surface area (Å²) in [6, 6.07) is 0. The number of ether oxygens (including phenoxy) is 3. The fraction of sp³-hybridized carbons (Fsp3) is 1.00. The maximum atomic E-state index is 5.80. The predicted molar refractivity (Wildman–Crippen MR) is 83.7 cm³/mol. The third-order valence-electron chi connectivity index (χ3n) is 4.79. The standard InChI is InChI=1S/C16H32N2O3/c1-4-7-17-11-16(6-5-8-21-13-16)12-18-9-14(19-2)15(10-18)20-3/h14-15,17H,4-13H2,1-3H3. The van der Waals surface area contributed by atoms with Crippen molar-refractivity contribution < 1.29 is 14.2 Å². The zero-order valence-electron chi connectivity index (χ0n) is 13.9. The largest absolute Gasteiger partial charge is 0.381 e. The maximum Gasteiger partial charge on any atom is 0.0971 e. The van der Waals surface area contributed by atoms with Crippen LogP contribution in [0.2, 0.25) is 0 Å². The molecule has 0 aliphatic carbocycles. The van der Waals surface area contributed by atoms with Gasteiger partial charge < -0.3 is 19.5 Å². The first kappa shape index (κ1) is 17.2. The van der Waals surface area contributed by atoms with E-state index < -0.39 is 0 Å². The quantitative estimate of drug-likeness (QED) is 0.681. The monoisotopic (exact) mass is 300 g/mol. The van der Waals surface area contributed by atoms with Gasteiger partial charge in [0.25, 0.3) is 0 Å². The van der Waals surface area contributed by atoms with Crippen molar-refractivity contribution in [2.45, 2.75) is 38.4 Å². The highest BCUT2D eigenvalue weighted by Crippen LogP contribution is 2.31. The molecule has 1 N–H and O–H groups in total. The number of hydrogen-bond donors (Lipinski definition) is 1. The van der Waals surface area contributed by atoms with Crippen molar-refractivity contribution >= 4 is 0 Å². The lowest BCUT2D eigenvalue weighted by Crippen LogP contribution is -2.49. The lowest BCUT2D eigenvalue weighted by Gasteiger charge is -2.40. The molecule has 0 saturated carbocycles. The molecular formula is C16H32N2O3. The van der Waals surface area contributed by atoms with E-state index in [0.29, 0.717) is 0 Å². The third-order valence-corrected chi connectivity index (χ3v) is 4.79. The molecule has 0 amide bonds. The van der Waals surface area contributed by atoms with Crippen LogP contribution in [0.1, 0.15) is 26.2 Å². The van der Waals surface area contributed by atoms with Gasteiger partial charge >= 0.3 is 0 Å². The van der Waals surface area contributed by atoms with Crippen molar-refractivity contribution in [2.75, 3.05) is 60.2 Å². The molecule has 124 valence electrons. The zero-order chi connectivity index (χ0) is 15.1. The molecule has 3 unspecified atom stereocenters. The summed E-state index contributed by atoms with van der Waals surface area (Å²) in [7, 11) is 3.56. The van der Waals surface area contributed by atoms with Gasteiger partial charge in [-0.3, -0.25) is 4.90 Å². The third kappa shape index (κ3) is 4.63. The van der Waals surface area contributed by atoms with Crippen LogP contribution in [0, 0.1) is 5.41 Å². The second kappa shape index (κ2) is 8.44. The molecule has 0 spiro atoms. The van der Waals surface area contributed by atoms with E-state index in [1.54, 1.807) is 14.2 Å². The molecule has 2 aliphatic heterocycles. The summed E-state index contributed by atoms with van der Waals surface area (Å²) in [5, 5.41) is 3.60. The van der Waals surface area contributed by atoms with Gasteiger partial charge in [-0.15, -0.1) is 0 Å². The summed E-state index contributed by atoms with van der Waals surface area (Å²) in [5.41, 5.74) is 0.244. The Bertz CT molecular complexity index is 283. The molecule has 2 aliphatic rings. The Morgan fingerprint density at radius 2 is 1.95 bits per heavy atom. The molecule has 0 radical (unpaired) electrons. The molecule has 2 heterocycles. The summed E-state index contributed by atoms with van der Waals surface area (Å²) >= 11 is 0. The summed E-state index contributed by atoms with van der Waals surface area (Å²) in [6.45, 7) is 9.13. The summed E-state index contributed by atoms with van der Waals surface area (Å²) in [5.74, 6) is 0. The van der Waals surface area contributed by atoms with Crippen molar-refractivity contribution in [1.82, 2.24) is 10.2 Å². The van der Waals surface area contributed by atoms with E-state index in [-0.39, 0.29) is 17.6 Å². The Labute approximate surface area is 129 Å². The number of methoxy groups -OCH3 is 2. The molecule has 0 aromatic carbocycles. The average molecular weight is 300 g/mol. The fourth-order valence-corrected chi connectivity index (χ4v) is 3.64. The van der Waals surface area contributed by atoms with E-state index in [0.717, 1.165) is 45.9 Å². The first-order chi connectivity index (χ1) is 10.2. The lowest BCUT2D eigenvalue weighted by molar-refractivity contribution is -0.0250. The van der Waals surface area contributed by atoms with Crippen molar-refractivity contribution in [3.8, 4) is 0 Å². The lowest BCUT2D eigenvalue weighted by atomic mass is 9.81. The van der Waals surface area contributed by atoms with Gasteiger partial charge in [0.15, 0.2) is 0 Å². The minimum Gasteiger partial charge on any atom is -0.381 e. The normalized spacial score (nSPS) is 34.4. The zero-order valence-corrected chi connectivity index (χ0v) is 13.9. The van der Waals surface area contributed by atoms with E-state index in [1.165, 1.54) is 19.3 Å². The molecule has 2 saturated heterocycles. The molecule has 0 aromatic rings. The first-order valence-electron chi connectivity index (χ1n) is 8.29. The second-order valence-corrected chi connectivity index (χ2v) is 6.58. The fourth-order valence-electron chi connectivity index (χ4n) is 3.64. The van der Waals surface area contributed by atoms with Crippen molar-refractivity contribution in [3.63, 3.8) is 0 Å². The minimum atomic E-state index is 0.195. The minimum absolute atomic E-state index is 0.195. The Kier molecular flexibility index (Phi) is 6.89. The molecule has 0 aromatic heterocycles. The van der Waals surface area contributed by atoms with Crippen LogP contribution >= 0.6 is 0 Å². The summed E-state index contributed by atoms with van der Waals surface area (Å²) < 4.78 is 16.9. The van der Waals surface area contributed by atoms with Crippen LogP contribution in [-0.2, 0) is 14.2 Å². The Hall–Kier alpha value is -0.200. The van der Waals surface area contributed by atoms with Gasteiger partial charge in [-0.1, -0.05) is 6.92 Å². The van der Waals surface area contributed by atoms with Crippen LogP contribution in [0.3, 0.4) is 0 Å². The van der Waals surface area contributed by atoms with E-state index in [4.69, 9.17) is 14.2 Å². The van der Waals surface area contributed by atoms with Crippen molar-refractivity contribution in [1.29, 1.82) is 0 Å². The van der Waals surface area contributed by atoms with Crippen LogP contribution < -0.4 is 5.32 Å². The Morgan fingerprint density at radius 1 is 1.24 bits per heavy atom. The van der Waals surface area contributed by atoms with E-state index in [9.17, 15) is 0 Å². The topological polar surface area (TPSA) is 43.0 Å². The molecule has 3 atom stereocenters. The number of nitrogens with one attached hydrogen (secondary N) is 1. The van der Waals surface area contributed by atoms with Gasteiger partial charge in [0, 0.05) is 52.4 Å². The van der Waals surface area contributed by atoms with E-state index in [2.05, 4.69) is 17.1 Å². The Morgan fingerprint density at radius 3 is 2.48 bits per heavy atom. The predicted octanol–water partition coefficient (Wildman–Crippen LogP) is 1.13. The number of likely N-dealkylation sites (tertiary alicyclic amines) is 1. The van der Waals surface area contributed by atoms with Crippen LogP contribution in [0.5, 0.6) is 0 Å². The molecule has 0 bridgehead atoms. The Balaban J connectivity index is 1.92. The SMILES string of the molecule is CCCNCC1(CN2CC(OC)C(OC)C2)CCCOC1. The van der Waals surface area contributed by atoms with E-state index in [1.807, 2.05) is 0 Å². The molecular weight excluding hydrogens is 268 g/mol. The first-order valence-corrected chi connectivity index (χ1v) is 8.29.